The van der Waals surface area contributed by atoms with Crippen LogP contribution >= 0.6 is 0 Å². The summed E-state index contributed by atoms with van der Waals surface area (Å²) in [5.41, 5.74) is 0. The Balaban J connectivity index is 1.67. The lowest BCUT2D eigenvalue weighted by Crippen LogP contribution is -2.41. The molecule has 0 radical (unpaired) electrons. The number of nitrogens with zero attached hydrogens (tertiary/aromatic N) is 1. The Hall–Kier alpha value is -1.82. The minimum atomic E-state index is -0.957. The van der Waals surface area contributed by atoms with Gasteiger partial charge in [0.1, 0.15) is 12.4 Å². The third kappa shape index (κ3) is 4.38. The molecule has 1 aromatic heterocycles. The van der Waals surface area contributed by atoms with Gasteiger partial charge in [0.05, 0.1) is 12.4 Å². The largest absolute Gasteiger partial charge is 0.480 e. The molecule has 0 saturated carbocycles. The van der Waals surface area contributed by atoms with Crippen LogP contribution < -0.4 is 0 Å². The molecule has 1 aliphatic heterocycles. The molecule has 1 aliphatic rings. The standard InChI is InChI=1S/C14H19NO5/c16-13(4-3-11-2-1-9-19-11)15-7-5-12(6-8-15)20-10-14(17)18/h1-2,9,12H,3-8,10H2,(H,17,18). The Kier molecular flexibility index (Phi) is 5.17. The van der Waals surface area contributed by atoms with Crippen molar-refractivity contribution in [1.29, 1.82) is 0 Å². The van der Waals surface area contributed by atoms with Crippen molar-refractivity contribution in [3.63, 3.8) is 0 Å². The van der Waals surface area contributed by atoms with Crippen molar-refractivity contribution in [1.82, 2.24) is 4.90 Å². The molecule has 6 heteroatoms. The molecule has 1 amide bonds. The first kappa shape index (κ1) is 14.6. The Morgan fingerprint density at radius 1 is 1.40 bits per heavy atom. The lowest BCUT2D eigenvalue weighted by Gasteiger charge is -2.31. The minimum Gasteiger partial charge on any atom is -0.480 e. The maximum Gasteiger partial charge on any atom is 0.329 e. The van der Waals surface area contributed by atoms with Gasteiger partial charge in [0.2, 0.25) is 5.91 Å². The zero-order chi connectivity index (χ0) is 14.4. The fourth-order valence-corrected chi connectivity index (χ4v) is 2.30. The van der Waals surface area contributed by atoms with Crippen molar-refractivity contribution < 1.29 is 23.8 Å². The average molecular weight is 281 g/mol. The highest BCUT2D eigenvalue weighted by atomic mass is 16.5. The molecule has 6 nitrogen and oxygen atoms in total. The number of hydrogen-bond donors (Lipinski definition) is 1. The van der Waals surface area contributed by atoms with Gasteiger partial charge in [-0.2, -0.15) is 0 Å². The number of hydrogen-bond acceptors (Lipinski definition) is 4. The molecule has 1 fully saturated rings. The predicted octanol–water partition coefficient (Wildman–Crippen LogP) is 1.30. The van der Waals surface area contributed by atoms with Crippen molar-refractivity contribution >= 4 is 11.9 Å². The molecule has 2 rings (SSSR count). The van der Waals surface area contributed by atoms with E-state index in [1.165, 1.54) is 0 Å². The number of carbonyl (C=O) groups is 2. The average Bonchev–Trinajstić information content (AvgIpc) is 2.96. The molecular weight excluding hydrogens is 262 g/mol. The van der Waals surface area contributed by atoms with Crippen LogP contribution in [0.5, 0.6) is 0 Å². The van der Waals surface area contributed by atoms with Gasteiger partial charge in [-0.3, -0.25) is 4.79 Å². The first-order chi connectivity index (χ1) is 9.65. The number of likely N-dealkylation sites (tertiary alicyclic amines) is 1. The van der Waals surface area contributed by atoms with Gasteiger partial charge in [-0.05, 0) is 25.0 Å². The SMILES string of the molecule is O=C(O)COC1CCN(C(=O)CCc2ccco2)CC1. The van der Waals surface area contributed by atoms with Gasteiger partial charge < -0.3 is 19.2 Å². The quantitative estimate of drug-likeness (QED) is 0.850. The summed E-state index contributed by atoms with van der Waals surface area (Å²) in [6.07, 6.45) is 3.99. The van der Waals surface area contributed by atoms with Crippen LogP contribution in [0.15, 0.2) is 22.8 Å². The Morgan fingerprint density at radius 2 is 2.15 bits per heavy atom. The molecule has 0 spiro atoms. The highest BCUT2D eigenvalue weighted by Gasteiger charge is 2.23. The number of piperidine rings is 1. The van der Waals surface area contributed by atoms with E-state index in [1.54, 1.807) is 6.26 Å². The van der Waals surface area contributed by atoms with Crippen LogP contribution in [-0.4, -0.2) is 47.7 Å². The van der Waals surface area contributed by atoms with E-state index < -0.39 is 5.97 Å². The number of furan rings is 1. The zero-order valence-electron chi connectivity index (χ0n) is 11.3. The van der Waals surface area contributed by atoms with Gasteiger partial charge >= 0.3 is 5.97 Å². The second kappa shape index (κ2) is 7.09. The number of aryl methyl sites for hydroxylation is 1. The summed E-state index contributed by atoms with van der Waals surface area (Å²) in [5.74, 6) is -0.0296. The van der Waals surface area contributed by atoms with Gasteiger partial charge in [0.15, 0.2) is 0 Å². The fourth-order valence-electron chi connectivity index (χ4n) is 2.30. The van der Waals surface area contributed by atoms with E-state index in [4.69, 9.17) is 14.3 Å². The second-order valence-electron chi connectivity index (χ2n) is 4.86. The molecule has 0 atom stereocenters. The van der Waals surface area contributed by atoms with Crippen LogP contribution in [0.1, 0.15) is 25.0 Å². The van der Waals surface area contributed by atoms with Gasteiger partial charge in [0, 0.05) is 25.9 Å². The van der Waals surface area contributed by atoms with E-state index >= 15 is 0 Å². The molecule has 2 heterocycles. The maximum absolute atomic E-state index is 12.0. The van der Waals surface area contributed by atoms with Gasteiger partial charge in [-0.25, -0.2) is 4.79 Å². The molecule has 1 aromatic rings. The first-order valence-electron chi connectivity index (χ1n) is 6.78. The van der Waals surface area contributed by atoms with Crippen molar-refractivity contribution in [3.05, 3.63) is 24.2 Å². The third-order valence-corrected chi connectivity index (χ3v) is 3.40. The number of ether oxygens (including phenoxy) is 1. The van der Waals surface area contributed by atoms with Crippen molar-refractivity contribution in [2.45, 2.75) is 31.8 Å². The van der Waals surface area contributed by atoms with Crippen molar-refractivity contribution in [2.24, 2.45) is 0 Å². The monoisotopic (exact) mass is 281 g/mol. The highest BCUT2D eigenvalue weighted by molar-refractivity contribution is 5.76. The molecule has 0 unspecified atom stereocenters. The normalized spacial score (nSPS) is 16.3. The molecule has 0 aromatic carbocycles. The fraction of sp³-hybridized carbons (Fsp3) is 0.571. The number of aliphatic carboxylic acids is 1. The zero-order valence-corrected chi connectivity index (χ0v) is 11.3. The smallest absolute Gasteiger partial charge is 0.329 e. The van der Waals surface area contributed by atoms with Gasteiger partial charge in [0.25, 0.3) is 0 Å². The van der Waals surface area contributed by atoms with E-state index in [0.717, 1.165) is 5.76 Å². The molecule has 20 heavy (non-hydrogen) atoms. The topological polar surface area (TPSA) is 80.0 Å². The minimum absolute atomic E-state index is 0.0553. The molecule has 110 valence electrons. The number of carboxylic acids is 1. The summed E-state index contributed by atoms with van der Waals surface area (Å²) in [5, 5.41) is 8.55. The van der Waals surface area contributed by atoms with Gasteiger partial charge in [-0.15, -0.1) is 0 Å². The van der Waals surface area contributed by atoms with Crippen LogP contribution in [-0.2, 0) is 20.7 Å². The number of amides is 1. The number of carboxylic acid groups (broad SMARTS) is 1. The molecule has 1 N–H and O–H groups in total. The predicted molar refractivity (Wildman–Crippen MR) is 70.2 cm³/mol. The van der Waals surface area contributed by atoms with Crippen LogP contribution in [0.4, 0.5) is 0 Å². The van der Waals surface area contributed by atoms with E-state index in [9.17, 15) is 9.59 Å². The molecule has 0 aliphatic carbocycles. The van der Waals surface area contributed by atoms with Crippen molar-refractivity contribution in [3.8, 4) is 0 Å². The molecule has 1 saturated heterocycles. The maximum atomic E-state index is 12.0. The van der Waals surface area contributed by atoms with E-state index in [-0.39, 0.29) is 18.6 Å². The number of rotatable bonds is 6. The lowest BCUT2D eigenvalue weighted by molar-refractivity contribution is -0.146. The summed E-state index contributed by atoms with van der Waals surface area (Å²) < 4.78 is 10.4. The van der Waals surface area contributed by atoms with E-state index in [2.05, 4.69) is 0 Å². The van der Waals surface area contributed by atoms with Gasteiger partial charge in [-0.1, -0.05) is 0 Å². The highest BCUT2D eigenvalue weighted by Crippen LogP contribution is 2.15. The summed E-state index contributed by atoms with van der Waals surface area (Å²) >= 11 is 0. The van der Waals surface area contributed by atoms with Crippen LogP contribution in [0.2, 0.25) is 0 Å². The first-order valence-corrected chi connectivity index (χ1v) is 6.78. The summed E-state index contributed by atoms with van der Waals surface area (Å²) in [4.78, 5) is 24.2. The number of carbonyl (C=O) groups excluding carboxylic acids is 1. The lowest BCUT2D eigenvalue weighted by atomic mass is 10.1. The second-order valence-corrected chi connectivity index (χ2v) is 4.86. The van der Waals surface area contributed by atoms with Crippen molar-refractivity contribution in [2.75, 3.05) is 19.7 Å². The van der Waals surface area contributed by atoms with E-state index in [0.29, 0.717) is 38.8 Å². The third-order valence-electron chi connectivity index (χ3n) is 3.40. The Bertz CT molecular complexity index is 434. The Labute approximate surface area is 117 Å². The van der Waals surface area contributed by atoms with Crippen LogP contribution in [0.25, 0.3) is 0 Å². The molecule has 0 bridgehead atoms. The summed E-state index contributed by atoms with van der Waals surface area (Å²) in [6, 6.07) is 3.67. The summed E-state index contributed by atoms with van der Waals surface area (Å²) in [6.45, 7) is 0.986. The van der Waals surface area contributed by atoms with E-state index in [1.807, 2.05) is 17.0 Å². The van der Waals surface area contributed by atoms with Crippen LogP contribution in [0.3, 0.4) is 0 Å². The van der Waals surface area contributed by atoms with Crippen LogP contribution in [0, 0.1) is 0 Å². The Morgan fingerprint density at radius 3 is 2.75 bits per heavy atom. The molecular formula is C14H19NO5. The summed E-state index contributed by atoms with van der Waals surface area (Å²) in [7, 11) is 0.